The van der Waals surface area contributed by atoms with Crippen LogP contribution in [0, 0.1) is 5.92 Å². The summed E-state index contributed by atoms with van der Waals surface area (Å²) in [6.45, 7) is 14.7. The molecule has 0 aromatic carbocycles. The van der Waals surface area contributed by atoms with E-state index < -0.39 is 8.80 Å². The van der Waals surface area contributed by atoms with Gasteiger partial charge in [0.15, 0.2) is 0 Å². The van der Waals surface area contributed by atoms with Gasteiger partial charge >= 0.3 is 8.80 Å². The van der Waals surface area contributed by atoms with Gasteiger partial charge in [-0.25, -0.2) is 0 Å². The number of unbranched alkanes of at least 4 members (excludes halogenated alkanes) is 13. The minimum absolute atomic E-state index is 0. The summed E-state index contributed by atoms with van der Waals surface area (Å²) in [6, 6.07) is 0.897. The van der Waals surface area contributed by atoms with Gasteiger partial charge in [-0.2, -0.15) is 0 Å². The Morgan fingerprint density at radius 2 is 0.914 bits per heavy atom. The molecule has 6 heteroatoms. The van der Waals surface area contributed by atoms with Crippen molar-refractivity contribution in [2.24, 2.45) is 11.7 Å². The molecule has 1 atom stereocenters. The Balaban J connectivity index is 0. The van der Waals surface area contributed by atoms with Crippen LogP contribution < -0.4 is 5.73 Å². The largest absolute Gasteiger partial charge is 0.500 e. The molecule has 0 aliphatic rings. The maximum absolute atomic E-state index is 6.58. The summed E-state index contributed by atoms with van der Waals surface area (Å²) in [6.07, 6.45) is 23.1. The molecule has 4 nitrogen and oxygen atoms in total. The van der Waals surface area contributed by atoms with E-state index in [2.05, 4.69) is 20.8 Å². The first kappa shape index (κ1) is 37.5. The lowest BCUT2D eigenvalue weighted by atomic mass is 9.81. The van der Waals surface area contributed by atoms with Crippen molar-refractivity contribution in [2.45, 2.75) is 162 Å². The van der Waals surface area contributed by atoms with Gasteiger partial charge in [-0.1, -0.05) is 96.8 Å². The summed E-state index contributed by atoms with van der Waals surface area (Å²) >= 11 is 0. The van der Waals surface area contributed by atoms with Crippen LogP contribution >= 0.6 is 12.4 Å². The van der Waals surface area contributed by atoms with E-state index in [-0.39, 0.29) is 17.9 Å². The van der Waals surface area contributed by atoms with Gasteiger partial charge in [-0.15, -0.1) is 12.4 Å². The van der Waals surface area contributed by atoms with Crippen molar-refractivity contribution in [2.75, 3.05) is 19.8 Å². The molecular formula is C29H64ClNO3Si. The Bertz CT molecular complexity index is 418. The molecule has 0 fully saturated rings. The zero-order chi connectivity index (χ0) is 25.5. The molecule has 35 heavy (non-hydrogen) atoms. The fourth-order valence-corrected chi connectivity index (χ4v) is 7.68. The van der Waals surface area contributed by atoms with E-state index in [0.717, 1.165) is 18.9 Å². The highest BCUT2D eigenvalue weighted by Gasteiger charge is 2.40. The van der Waals surface area contributed by atoms with Gasteiger partial charge in [0.2, 0.25) is 0 Å². The molecule has 0 rings (SSSR count). The van der Waals surface area contributed by atoms with Crippen LogP contribution in [0.15, 0.2) is 0 Å². The molecule has 0 spiro atoms. The minimum Gasteiger partial charge on any atom is -0.374 e. The fraction of sp³-hybridized carbons (Fsp3) is 1.00. The molecule has 0 aromatic rings. The van der Waals surface area contributed by atoms with Gasteiger partial charge in [0.05, 0.1) is 0 Å². The molecule has 0 heterocycles. The van der Waals surface area contributed by atoms with Crippen molar-refractivity contribution >= 4 is 21.2 Å². The molecule has 2 N–H and O–H groups in total. The molecule has 214 valence electrons. The highest BCUT2D eigenvalue weighted by molar-refractivity contribution is 6.60. The second kappa shape index (κ2) is 24.7. The molecule has 0 aliphatic carbocycles. The lowest BCUT2D eigenvalue weighted by molar-refractivity contribution is 0.0699. The summed E-state index contributed by atoms with van der Waals surface area (Å²) in [5.74, 6) is 0.543. The van der Waals surface area contributed by atoms with E-state index in [9.17, 15) is 0 Å². The third-order valence-corrected chi connectivity index (χ3v) is 10.2. The molecule has 0 aromatic heterocycles. The van der Waals surface area contributed by atoms with E-state index in [1.54, 1.807) is 0 Å². The normalized spacial score (nSPS) is 13.1. The molecule has 0 bridgehead atoms. The Morgan fingerprint density at radius 3 is 1.26 bits per heavy atom. The van der Waals surface area contributed by atoms with Crippen LogP contribution in [0.5, 0.6) is 0 Å². The summed E-state index contributed by atoms with van der Waals surface area (Å²) in [5, 5.41) is 0. The zero-order valence-corrected chi connectivity index (χ0v) is 26.5. The average molecular weight is 538 g/mol. The summed E-state index contributed by atoms with van der Waals surface area (Å²) in [7, 11) is -2.54. The summed E-state index contributed by atoms with van der Waals surface area (Å²) < 4.78 is 18.1. The van der Waals surface area contributed by atoms with E-state index in [0.29, 0.717) is 25.7 Å². The van der Waals surface area contributed by atoms with Crippen molar-refractivity contribution < 1.29 is 13.3 Å². The van der Waals surface area contributed by atoms with Crippen LogP contribution in [0.1, 0.15) is 151 Å². The minimum atomic E-state index is -2.54. The van der Waals surface area contributed by atoms with Crippen LogP contribution in [0.2, 0.25) is 6.04 Å². The van der Waals surface area contributed by atoms with E-state index in [1.807, 2.05) is 20.8 Å². The van der Waals surface area contributed by atoms with Crippen LogP contribution in [-0.2, 0) is 13.3 Å². The third kappa shape index (κ3) is 21.0. The number of rotatable bonds is 26. The SMILES string of the molecule is CCCCCCCCCCCCCCCCC(CCC[Si](OCC)(OCC)OCC)C(C)(C)N.Cl. The van der Waals surface area contributed by atoms with E-state index in [4.69, 9.17) is 19.0 Å². The highest BCUT2D eigenvalue weighted by Crippen LogP contribution is 2.29. The highest BCUT2D eigenvalue weighted by atomic mass is 35.5. The van der Waals surface area contributed by atoms with E-state index >= 15 is 0 Å². The zero-order valence-electron chi connectivity index (χ0n) is 24.6. The summed E-state index contributed by atoms with van der Waals surface area (Å²) in [5.41, 5.74) is 6.44. The molecule has 0 radical (unpaired) electrons. The Kier molecular flexibility index (Phi) is 26.4. The van der Waals surface area contributed by atoms with Crippen molar-refractivity contribution in [1.82, 2.24) is 0 Å². The topological polar surface area (TPSA) is 53.7 Å². The van der Waals surface area contributed by atoms with Gasteiger partial charge in [0.1, 0.15) is 0 Å². The number of halogens is 1. The van der Waals surface area contributed by atoms with Gasteiger partial charge in [-0.05, 0) is 59.8 Å². The van der Waals surface area contributed by atoms with Gasteiger partial charge in [0, 0.05) is 31.4 Å². The lowest BCUT2D eigenvalue weighted by Crippen LogP contribution is -2.46. The lowest BCUT2D eigenvalue weighted by Gasteiger charge is -2.33. The first-order valence-electron chi connectivity index (χ1n) is 15.1. The van der Waals surface area contributed by atoms with Crippen LogP contribution in [0.4, 0.5) is 0 Å². The predicted octanol–water partition coefficient (Wildman–Crippen LogP) is 9.46. The molecule has 0 aliphatic heterocycles. The van der Waals surface area contributed by atoms with Gasteiger partial charge < -0.3 is 19.0 Å². The third-order valence-electron chi connectivity index (χ3n) is 7.09. The second-order valence-corrected chi connectivity index (χ2v) is 13.5. The van der Waals surface area contributed by atoms with Crippen molar-refractivity contribution in [3.8, 4) is 0 Å². The Hall–Kier alpha value is 0.347. The fourth-order valence-electron chi connectivity index (χ4n) is 5.04. The first-order valence-corrected chi connectivity index (χ1v) is 17.0. The maximum Gasteiger partial charge on any atom is 0.500 e. The monoisotopic (exact) mass is 537 g/mol. The number of nitrogens with two attached hydrogens (primary N) is 1. The predicted molar refractivity (Wildman–Crippen MR) is 159 cm³/mol. The molecular weight excluding hydrogens is 474 g/mol. The Morgan fingerprint density at radius 1 is 0.571 bits per heavy atom. The maximum atomic E-state index is 6.58. The first-order chi connectivity index (χ1) is 16.3. The van der Waals surface area contributed by atoms with E-state index in [1.165, 1.54) is 96.3 Å². The van der Waals surface area contributed by atoms with Crippen molar-refractivity contribution in [3.05, 3.63) is 0 Å². The summed E-state index contributed by atoms with van der Waals surface area (Å²) in [4.78, 5) is 0. The Labute approximate surface area is 228 Å². The number of hydrogen-bond donors (Lipinski definition) is 1. The number of hydrogen-bond acceptors (Lipinski definition) is 4. The smallest absolute Gasteiger partial charge is 0.374 e. The quantitative estimate of drug-likeness (QED) is 0.0881. The average Bonchev–Trinajstić information content (AvgIpc) is 2.78. The van der Waals surface area contributed by atoms with Crippen LogP contribution in [-0.4, -0.2) is 34.2 Å². The van der Waals surface area contributed by atoms with Crippen molar-refractivity contribution in [3.63, 3.8) is 0 Å². The molecule has 1 unspecified atom stereocenters. The van der Waals surface area contributed by atoms with Crippen LogP contribution in [0.25, 0.3) is 0 Å². The second-order valence-electron chi connectivity index (χ2n) is 10.8. The van der Waals surface area contributed by atoms with Crippen LogP contribution in [0.3, 0.4) is 0 Å². The van der Waals surface area contributed by atoms with Crippen molar-refractivity contribution in [1.29, 1.82) is 0 Å². The molecule has 0 saturated carbocycles. The van der Waals surface area contributed by atoms with Gasteiger partial charge in [-0.3, -0.25) is 0 Å². The van der Waals surface area contributed by atoms with Gasteiger partial charge in [0.25, 0.3) is 0 Å². The molecule has 0 amide bonds. The standard InChI is InChI=1S/C29H63NO3Si.ClH/c1-7-11-12-13-14-15-16-17-18-19-20-21-22-23-25-28(29(5,6)30)26-24-27-34(31-8-2,32-9-3)33-10-4;/h28H,7-27,30H2,1-6H3;1H. The molecule has 0 saturated heterocycles.